The van der Waals surface area contributed by atoms with E-state index in [2.05, 4.69) is 19.2 Å². The molecule has 1 N–H and O–H groups in total. The summed E-state index contributed by atoms with van der Waals surface area (Å²) in [6.07, 6.45) is 0.281. The molecular weight excluding hydrogens is 430 g/mol. The summed E-state index contributed by atoms with van der Waals surface area (Å²) in [5.74, 6) is 0.849. The molecule has 0 unspecified atom stereocenters. The first kappa shape index (κ1) is 21.6. The zero-order chi connectivity index (χ0) is 22.2. The summed E-state index contributed by atoms with van der Waals surface area (Å²) >= 11 is 1.37. The van der Waals surface area contributed by atoms with E-state index in [-0.39, 0.29) is 28.0 Å². The molecule has 1 aromatic heterocycles. The molecule has 2 heterocycles. The van der Waals surface area contributed by atoms with Gasteiger partial charge in [-0.25, -0.2) is 8.42 Å². The van der Waals surface area contributed by atoms with Crippen LogP contribution in [0.5, 0.6) is 5.75 Å². The second-order valence-electron chi connectivity index (χ2n) is 8.23. The topological polar surface area (TPSA) is 72.5 Å². The molecule has 162 valence electrons. The molecule has 3 aromatic rings. The van der Waals surface area contributed by atoms with Crippen LogP contribution in [0.3, 0.4) is 0 Å². The Balaban J connectivity index is 1.68. The molecule has 1 aliphatic rings. The average Bonchev–Trinajstić information content (AvgIpc) is 3.17. The summed E-state index contributed by atoms with van der Waals surface area (Å²) < 4.78 is 32.2. The number of thiophene rings is 1. The van der Waals surface area contributed by atoms with Gasteiger partial charge in [0.1, 0.15) is 10.6 Å². The molecule has 0 bridgehead atoms. The Hall–Kier alpha value is -2.64. The van der Waals surface area contributed by atoms with Crippen molar-refractivity contribution in [2.24, 2.45) is 5.92 Å². The zero-order valence-corrected chi connectivity index (χ0v) is 19.3. The summed E-state index contributed by atoms with van der Waals surface area (Å²) in [6.45, 7) is 6.73. The SMILES string of the molecule is Cc1ccc(S(=O)(=O)c2csc3c2NC(=O)C[C@H]3c2ccc(OCC(C)C)cc2)cc1. The molecule has 0 radical (unpaired) electrons. The maximum absolute atomic E-state index is 13.2. The first-order valence-electron chi connectivity index (χ1n) is 10.2. The smallest absolute Gasteiger partial charge is 0.225 e. The monoisotopic (exact) mass is 455 g/mol. The van der Waals surface area contributed by atoms with Crippen LogP contribution >= 0.6 is 11.3 Å². The van der Waals surface area contributed by atoms with Crippen molar-refractivity contribution >= 4 is 32.8 Å². The van der Waals surface area contributed by atoms with Crippen molar-refractivity contribution in [3.8, 4) is 5.75 Å². The van der Waals surface area contributed by atoms with E-state index in [1.807, 2.05) is 31.2 Å². The molecule has 0 aliphatic carbocycles. The van der Waals surface area contributed by atoms with Crippen LogP contribution in [0.1, 0.15) is 42.2 Å². The number of nitrogens with one attached hydrogen (secondary N) is 1. The maximum Gasteiger partial charge on any atom is 0.225 e. The predicted molar refractivity (Wildman–Crippen MR) is 123 cm³/mol. The molecule has 0 saturated carbocycles. The number of ether oxygens (including phenoxy) is 1. The predicted octanol–water partition coefficient (Wildman–Crippen LogP) is 5.40. The highest BCUT2D eigenvalue weighted by Crippen LogP contribution is 2.46. The lowest BCUT2D eigenvalue weighted by Crippen LogP contribution is -2.23. The Bertz CT molecular complexity index is 1190. The number of hydrogen-bond donors (Lipinski definition) is 1. The number of sulfone groups is 1. The van der Waals surface area contributed by atoms with E-state index in [0.29, 0.717) is 18.2 Å². The normalized spacial score (nSPS) is 16.1. The third-order valence-corrected chi connectivity index (χ3v) is 8.28. The summed E-state index contributed by atoms with van der Waals surface area (Å²) in [7, 11) is -3.73. The van der Waals surface area contributed by atoms with Crippen molar-refractivity contribution in [3.63, 3.8) is 0 Å². The van der Waals surface area contributed by atoms with Crippen molar-refractivity contribution in [1.29, 1.82) is 0 Å². The van der Waals surface area contributed by atoms with Crippen LogP contribution in [0, 0.1) is 12.8 Å². The maximum atomic E-state index is 13.2. The number of carbonyl (C=O) groups excluding carboxylic acids is 1. The Morgan fingerprint density at radius 1 is 1.10 bits per heavy atom. The minimum atomic E-state index is -3.73. The van der Waals surface area contributed by atoms with Gasteiger partial charge in [0.2, 0.25) is 15.7 Å². The summed E-state index contributed by atoms with van der Waals surface area (Å²) in [4.78, 5) is 13.7. The molecule has 4 rings (SSSR count). The summed E-state index contributed by atoms with van der Waals surface area (Å²) in [5.41, 5.74) is 2.36. The van der Waals surface area contributed by atoms with Gasteiger partial charge >= 0.3 is 0 Å². The van der Waals surface area contributed by atoms with E-state index in [4.69, 9.17) is 4.74 Å². The van der Waals surface area contributed by atoms with Crippen LogP contribution in [0.15, 0.2) is 63.7 Å². The second-order valence-corrected chi connectivity index (χ2v) is 11.1. The van der Waals surface area contributed by atoms with E-state index in [1.165, 1.54) is 11.3 Å². The van der Waals surface area contributed by atoms with Gasteiger partial charge in [-0.2, -0.15) is 0 Å². The quantitative estimate of drug-likeness (QED) is 0.540. The van der Waals surface area contributed by atoms with Crippen molar-refractivity contribution in [1.82, 2.24) is 0 Å². The van der Waals surface area contributed by atoms with Gasteiger partial charge in [-0.1, -0.05) is 43.7 Å². The van der Waals surface area contributed by atoms with Gasteiger partial charge < -0.3 is 10.1 Å². The molecule has 0 fully saturated rings. The molecule has 1 atom stereocenters. The zero-order valence-electron chi connectivity index (χ0n) is 17.7. The molecule has 7 heteroatoms. The molecule has 1 aliphatic heterocycles. The van der Waals surface area contributed by atoms with Crippen LogP contribution in [-0.2, 0) is 14.6 Å². The number of benzene rings is 2. The fourth-order valence-corrected chi connectivity index (χ4v) is 6.48. The third kappa shape index (κ3) is 4.38. The Morgan fingerprint density at radius 2 is 1.77 bits per heavy atom. The molecule has 31 heavy (non-hydrogen) atoms. The molecular formula is C24H25NO4S2. The van der Waals surface area contributed by atoms with Crippen molar-refractivity contribution in [2.75, 3.05) is 11.9 Å². The number of fused-ring (bicyclic) bond motifs is 1. The minimum absolute atomic E-state index is 0.159. The van der Waals surface area contributed by atoms with E-state index >= 15 is 0 Å². The first-order chi connectivity index (χ1) is 14.8. The number of hydrogen-bond acceptors (Lipinski definition) is 5. The molecule has 1 amide bonds. The fourth-order valence-electron chi connectivity index (χ4n) is 3.57. The molecule has 0 spiro atoms. The van der Waals surface area contributed by atoms with Crippen molar-refractivity contribution < 1.29 is 17.9 Å². The lowest BCUT2D eigenvalue weighted by molar-refractivity contribution is -0.116. The van der Waals surface area contributed by atoms with Gasteiger partial charge in [0.05, 0.1) is 17.2 Å². The Labute approximate surface area is 187 Å². The highest BCUT2D eigenvalue weighted by atomic mass is 32.2. The van der Waals surface area contributed by atoms with Gasteiger partial charge in [-0.3, -0.25) is 4.79 Å². The number of anilines is 1. The standard InChI is InChI=1S/C24H25NO4S2/c1-15(2)13-29-18-8-6-17(7-9-18)20-12-22(26)25-23-21(14-30-24(20)23)31(27,28)19-10-4-16(3)5-11-19/h4-11,14-15,20H,12-13H2,1-3H3,(H,25,26)/t20-/m0/s1. The van der Waals surface area contributed by atoms with Gasteiger partial charge in [0, 0.05) is 22.6 Å². The lowest BCUT2D eigenvalue weighted by Gasteiger charge is -2.24. The number of carbonyl (C=O) groups is 1. The third-order valence-electron chi connectivity index (χ3n) is 5.24. The van der Waals surface area contributed by atoms with Gasteiger partial charge in [-0.15, -0.1) is 11.3 Å². The van der Waals surface area contributed by atoms with E-state index in [1.54, 1.807) is 29.6 Å². The average molecular weight is 456 g/mol. The Morgan fingerprint density at radius 3 is 2.42 bits per heavy atom. The fraction of sp³-hybridized carbons (Fsp3) is 0.292. The molecule has 0 saturated heterocycles. The van der Waals surface area contributed by atoms with Gasteiger partial charge in [0.25, 0.3) is 0 Å². The lowest BCUT2D eigenvalue weighted by atomic mass is 9.90. The summed E-state index contributed by atoms with van der Waals surface area (Å²) in [5, 5.41) is 4.44. The van der Waals surface area contributed by atoms with Crippen LogP contribution in [-0.4, -0.2) is 20.9 Å². The number of aryl methyl sites for hydroxylation is 1. The second kappa shape index (κ2) is 8.48. The number of rotatable bonds is 6. The van der Waals surface area contributed by atoms with Crippen LogP contribution in [0.2, 0.25) is 0 Å². The highest BCUT2D eigenvalue weighted by Gasteiger charge is 2.34. The van der Waals surface area contributed by atoms with Crippen LogP contribution in [0.25, 0.3) is 0 Å². The van der Waals surface area contributed by atoms with Crippen LogP contribution < -0.4 is 10.1 Å². The Kier molecular flexibility index (Phi) is 5.90. The molecule has 2 aromatic carbocycles. The highest BCUT2D eigenvalue weighted by molar-refractivity contribution is 7.91. The number of amides is 1. The van der Waals surface area contributed by atoms with E-state index in [9.17, 15) is 13.2 Å². The minimum Gasteiger partial charge on any atom is -0.493 e. The van der Waals surface area contributed by atoms with Gasteiger partial charge in [-0.05, 0) is 42.7 Å². The van der Waals surface area contributed by atoms with E-state index in [0.717, 1.165) is 21.8 Å². The van der Waals surface area contributed by atoms with Crippen molar-refractivity contribution in [2.45, 2.75) is 42.9 Å². The first-order valence-corrected chi connectivity index (χ1v) is 12.6. The largest absolute Gasteiger partial charge is 0.493 e. The van der Waals surface area contributed by atoms with E-state index < -0.39 is 9.84 Å². The van der Waals surface area contributed by atoms with Crippen LogP contribution in [0.4, 0.5) is 5.69 Å². The van der Waals surface area contributed by atoms with Crippen molar-refractivity contribution in [3.05, 3.63) is 69.9 Å². The molecule has 5 nitrogen and oxygen atoms in total. The van der Waals surface area contributed by atoms with Gasteiger partial charge in [0.15, 0.2) is 0 Å². The summed E-state index contributed by atoms with van der Waals surface area (Å²) in [6, 6.07) is 14.5.